The third-order valence-electron chi connectivity index (χ3n) is 4.91. The van der Waals surface area contributed by atoms with E-state index in [1.165, 1.54) is 24.1 Å². The van der Waals surface area contributed by atoms with Crippen LogP contribution in [0.2, 0.25) is 0 Å². The fourth-order valence-corrected chi connectivity index (χ4v) is 5.66. The van der Waals surface area contributed by atoms with E-state index in [9.17, 15) is 18.0 Å². The van der Waals surface area contributed by atoms with Gasteiger partial charge in [0.1, 0.15) is 11.0 Å². The molecule has 0 saturated carbocycles. The van der Waals surface area contributed by atoms with Crippen molar-refractivity contribution in [2.24, 2.45) is 4.40 Å². The van der Waals surface area contributed by atoms with Crippen molar-refractivity contribution in [1.29, 1.82) is 0 Å². The number of rotatable bonds is 7. The van der Waals surface area contributed by atoms with Crippen molar-refractivity contribution in [2.45, 2.75) is 16.6 Å². The van der Waals surface area contributed by atoms with E-state index in [-0.39, 0.29) is 22.4 Å². The van der Waals surface area contributed by atoms with Gasteiger partial charge in [-0.15, -0.1) is 4.40 Å². The number of sulfonamides is 1. The van der Waals surface area contributed by atoms with E-state index < -0.39 is 21.2 Å². The zero-order valence-corrected chi connectivity index (χ0v) is 19.8. The Balaban J connectivity index is 1.60. The van der Waals surface area contributed by atoms with Gasteiger partial charge < -0.3 is 10.1 Å². The van der Waals surface area contributed by atoms with Crippen LogP contribution >= 0.6 is 11.8 Å². The highest BCUT2D eigenvalue weighted by Crippen LogP contribution is 2.35. The van der Waals surface area contributed by atoms with Gasteiger partial charge in [0.05, 0.1) is 17.7 Å². The summed E-state index contributed by atoms with van der Waals surface area (Å²) in [5, 5.41) is 1.91. The molecule has 1 aliphatic heterocycles. The van der Waals surface area contributed by atoms with Crippen molar-refractivity contribution in [2.75, 3.05) is 17.3 Å². The Hall–Kier alpha value is -3.63. The molecule has 4 rings (SSSR count). The Morgan fingerprint density at radius 1 is 1.03 bits per heavy atom. The largest absolute Gasteiger partial charge is 0.497 e. The highest BCUT2D eigenvalue weighted by atomic mass is 32.2. The van der Waals surface area contributed by atoms with Gasteiger partial charge in [-0.05, 0) is 36.4 Å². The van der Waals surface area contributed by atoms with Crippen molar-refractivity contribution in [1.82, 2.24) is 0 Å². The molecule has 34 heavy (non-hydrogen) atoms. The Kier molecular flexibility index (Phi) is 6.99. The van der Waals surface area contributed by atoms with Crippen molar-refractivity contribution < 1.29 is 22.7 Å². The van der Waals surface area contributed by atoms with Crippen molar-refractivity contribution >= 4 is 50.1 Å². The average Bonchev–Trinajstić information content (AvgIpc) is 3.13. The first kappa shape index (κ1) is 23.5. The van der Waals surface area contributed by atoms with E-state index in [1.807, 2.05) is 0 Å². The monoisotopic (exact) mass is 495 g/mol. The summed E-state index contributed by atoms with van der Waals surface area (Å²) in [6.45, 7) is 0. The number of carbonyl (C=O) groups is 2. The maximum absolute atomic E-state index is 13.3. The Morgan fingerprint density at radius 2 is 1.71 bits per heavy atom. The van der Waals surface area contributed by atoms with Gasteiger partial charge >= 0.3 is 0 Å². The Bertz CT molecular complexity index is 1330. The molecule has 1 saturated heterocycles. The van der Waals surface area contributed by atoms with E-state index in [0.29, 0.717) is 17.1 Å². The Morgan fingerprint density at radius 3 is 2.38 bits per heavy atom. The number of hydrogen-bond acceptors (Lipinski definition) is 6. The van der Waals surface area contributed by atoms with E-state index >= 15 is 0 Å². The van der Waals surface area contributed by atoms with Gasteiger partial charge in [0.2, 0.25) is 11.8 Å². The summed E-state index contributed by atoms with van der Waals surface area (Å²) in [4.78, 5) is 27.2. The van der Waals surface area contributed by atoms with Crippen LogP contribution in [0.15, 0.2) is 94.2 Å². The normalized spacial score (nSPS) is 17.1. The molecule has 1 atom stereocenters. The number of ether oxygens (including phenoxy) is 1. The van der Waals surface area contributed by atoms with E-state index in [4.69, 9.17) is 4.74 Å². The number of para-hydroxylation sites is 1. The SMILES string of the molecule is COc1cccc(NC(=O)CC2S/C(=N/S(=O)(=O)c3ccccc3)N(c3ccccc3)C2=O)c1. The quantitative estimate of drug-likeness (QED) is 0.533. The molecule has 1 N–H and O–H groups in total. The van der Waals surface area contributed by atoms with E-state index in [1.54, 1.807) is 72.8 Å². The van der Waals surface area contributed by atoms with Crippen molar-refractivity contribution in [3.63, 3.8) is 0 Å². The zero-order chi connectivity index (χ0) is 24.1. The minimum absolute atomic E-state index is 0.000710. The van der Waals surface area contributed by atoms with Crippen LogP contribution in [0.1, 0.15) is 6.42 Å². The Labute approximate surface area is 201 Å². The number of amides is 2. The van der Waals surface area contributed by atoms with Gasteiger partial charge in [-0.3, -0.25) is 14.5 Å². The van der Waals surface area contributed by atoms with Crippen molar-refractivity contribution in [3.05, 3.63) is 84.9 Å². The molecule has 0 aromatic heterocycles. The van der Waals surface area contributed by atoms with Crippen LogP contribution in [-0.2, 0) is 19.6 Å². The predicted octanol–water partition coefficient (Wildman–Crippen LogP) is 3.92. The number of nitrogens with zero attached hydrogens (tertiary/aromatic N) is 2. The summed E-state index contributed by atoms with van der Waals surface area (Å²) in [5.74, 6) is -0.224. The molecule has 1 unspecified atom stereocenters. The summed E-state index contributed by atoms with van der Waals surface area (Å²) >= 11 is 0.951. The van der Waals surface area contributed by atoms with Crippen LogP contribution in [0.4, 0.5) is 11.4 Å². The molecule has 10 heteroatoms. The molecule has 0 spiro atoms. The number of benzene rings is 3. The number of hydrogen-bond donors (Lipinski definition) is 1. The summed E-state index contributed by atoms with van der Waals surface area (Å²) in [6, 6.07) is 23.3. The first-order chi connectivity index (χ1) is 16.4. The highest BCUT2D eigenvalue weighted by Gasteiger charge is 2.41. The average molecular weight is 496 g/mol. The second-order valence-electron chi connectivity index (χ2n) is 7.26. The van der Waals surface area contributed by atoms with Gasteiger partial charge in [0, 0.05) is 18.2 Å². The fourth-order valence-electron chi connectivity index (χ4n) is 3.30. The minimum atomic E-state index is -4.06. The molecule has 8 nitrogen and oxygen atoms in total. The maximum atomic E-state index is 13.3. The van der Waals surface area contributed by atoms with Gasteiger partial charge in [-0.1, -0.05) is 54.2 Å². The second-order valence-corrected chi connectivity index (χ2v) is 10.0. The molecular weight excluding hydrogens is 474 g/mol. The third kappa shape index (κ3) is 5.29. The lowest BCUT2D eigenvalue weighted by atomic mass is 10.2. The molecule has 1 fully saturated rings. The van der Waals surface area contributed by atoms with Gasteiger partial charge in [-0.25, -0.2) is 0 Å². The standard InChI is InChI=1S/C24H21N3O5S2/c1-32-19-12-8-9-17(15-19)25-22(28)16-21-23(29)27(18-10-4-2-5-11-18)24(33-21)26-34(30,31)20-13-6-3-7-14-20/h2-15,21H,16H2,1H3,(H,25,28)/b26-24+. The van der Waals surface area contributed by atoms with Gasteiger partial charge in [0.25, 0.3) is 10.0 Å². The van der Waals surface area contributed by atoms with Gasteiger partial charge in [0.15, 0.2) is 5.17 Å². The van der Waals surface area contributed by atoms with Crippen LogP contribution < -0.4 is 15.0 Å². The van der Waals surface area contributed by atoms with E-state index in [0.717, 1.165) is 11.8 Å². The topological polar surface area (TPSA) is 105 Å². The molecule has 174 valence electrons. The summed E-state index contributed by atoms with van der Waals surface area (Å²) in [5.41, 5.74) is 0.998. The molecular formula is C24H21N3O5S2. The summed E-state index contributed by atoms with van der Waals surface area (Å²) in [7, 11) is -2.53. The molecule has 3 aromatic rings. The molecule has 2 amide bonds. The van der Waals surface area contributed by atoms with Crippen LogP contribution in [-0.4, -0.2) is 37.8 Å². The zero-order valence-electron chi connectivity index (χ0n) is 18.1. The lowest BCUT2D eigenvalue weighted by Crippen LogP contribution is -2.33. The number of nitrogens with one attached hydrogen (secondary N) is 1. The van der Waals surface area contributed by atoms with Crippen LogP contribution in [0.5, 0.6) is 5.75 Å². The van der Waals surface area contributed by atoms with E-state index in [2.05, 4.69) is 9.71 Å². The molecule has 0 aliphatic carbocycles. The smallest absolute Gasteiger partial charge is 0.284 e. The second kappa shape index (κ2) is 10.1. The lowest BCUT2D eigenvalue weighted by Gasteiger charge is -2.16. The summed E-state index contributed by atoms with van der Waals surface area (Å²) < 4.78 is 34.9. The summed E-state index contributed by atoms with van der Waals surface area (Å²) in [6.07, 6.45) is -0.158. The molecule has 1 heterocycles. The number of anilines is 2. The molecule has 0 bridgehead atoms. The highest BCUT2D eigenvalue weighted by molar-refractivity contribution is 8.16. The first-order valence-corrected chi connectivity index (χ1v) is 12.6. The van der Waals surface area contributed by atoms with Crippen LogP contribution in [0.25, 0.3) is 0 Å². The molecule has 0 radical (unpaired) electrons. The third-order valence-corrected chi connectivity index (χ3v) is 7.45. The number of amidine groups is 1. The lowest BCUT2D eigenvalue weighted by molar-refractivity contribution is -0.121. The molecule has 1 aliphatic rings. The number of methoxy groups -OCH3 is 1. The van der Waals surface area contributed by atoms with Crippen molar-refractivity contribution in [3.8, 4) is 5.75 Å². The van der Waals surface area contributed by atoms with Crippen LogP contribution in [0, 0.1) is 0 Å². The maximum Gasteiger partial charge on any atom is 0.284 e. The minimum Gasteiger partial charge on any atom is -0.497 e. The predicted molar refractivity (Wildman–Crippen MR) is 133 cm³/mol. The first-order valence-electron chi connectivity index (χ1n) is 10.3. The van der Waals surface area contributed by atoms with Crippen LogP contribution in [0.3, 0.4) is 0 Å². The number of carbonyl (C=O) groups excluding carboxylic acids is 2. The molecule has 3 aromatic carbocycles. The number of thioether (sulfide) groups is 1. The fraction of sp³-hybridized carbons (Fsp3) is 0.125. The van der Waals surface area contributed by atoms with Gasteiger partial charge in [-0.2, -0.15) is 8.42 Å².